The second-order valence-corrected chi connectivity index (χ2v) is 6.72. The second kappa shape index (κ2) is 7.85. The van der Waals surface area contributed by atoms with Gasteiger partial charge in [-0.1, -0.05) is 12.8 Å². The molecule has 7 nitrogen and oxygen atoms in total. The SMILES string of the molecule is O=C1OC(C(=O)OC2CCCCC2)C(C(=O)OC2CCCCC2)O1. The molecule has 1 aliphatic heterocycles. The molecule has 2 atom stereocenters. The van der Waals surface area contributed by atoms with Crippen molar-refractivity contribution in [3.8, 4) is 0 Å². The van der Waals surface area contributed by atoms with Crippen LogP contribution in [0.5, 0.6) is 0 Å². The van der Waals surface area contributed by atoms with Crippen LogP contribution in [0.1, 0.15) is 64.2 Å². The third-order valence-electron chi connectivity index (χ3n) is 4.86. The van der Waals surface area contributed by atoms with Gasteiger partial charge in [0.15, 0.2) is 0 Å². The number of hydrogen-bond acceptors (Lipinski definition) is 7. The van der Waals surface area contributed by atoms with E-state index in [9.17, 15) is 14.4 Å². The third-order valence-corrected chi connectivity index (χ3v) is 4.86. The lowest BCUT2D eigenvalue weighted by atomic mass is 9.97. The zero-order chi connectivity index (χ0) is 16.9. The second-order valence-electron chi connectivity index (χ2n) is 6.72. The minimum absolute atomic E-state index is 0.180. The molecule has 0 amide bonds. The zero-order valence-corrected chi connectivity index (χ0v) is 13.7. The molecule has 0 spiro atoms. The Bertz CT molecular complexity index is 435. The van der Waals surface area contributed by atoms with E-state index in [0.717, 1.165) is 64.2 Å². The Morgan fingerprint density at radius 3 is 1.46 bits per heavy atom. The lowest BCUT2D eigenvalue weighted by molar-refractivity contribution is -0.170. The quantitative estimate of drug-likeness (QED) is 0.574. The molecule has 134 valence electrons. The molecule has 3 aliphatic rings. The maximum absolute atomic E-state index is 12.3. The van der Waals surface area contributed by atoms with Gasteiger partial charge in [-0.25, -0.2) is 14.4 Å². The number of esters is 2. The van der Waals surface area contributed by atoms with Gasteiger partial charge in [-0.15, -0.1) is 0 Å². The van der Waals surface area contributed by atoms with E-state index in [4.69, 9.17) is 18.9 Å². The predicted octanol–water partition coefficient (Wildman–Crippen LogP) is 2.64. The highest BCUT2D eigenvalue weighted by Crippen LogP contribution is 2.26. The molecule has 0 radical (unpaired) electrons. The van der Waals surface area contributed by atoms with Crippen molar-refractivity contribution < 1.29 is 33.3 Å². The van der Waals surface area contributed by atoms with Gasteiger partial charge in [0.2, 0.25) is 12.2 Å². The van der Waals surface area contributed by atoms with Crippen molar-refractivity contribution in [3.05, 3.63) is 0 Å². The minimum atomic E-state index is -1.37. The molecule has 1 heterocycles. The summed E-state index contributed by atoms with van der Waals surface area (Å²) in [6.07, 6.45) is 5.34. The molecule has 2 unspecified atom stereocenters. The van der Waals surface area contributed by atoms with Gasteiger partial charge in [0.05, 0.1) is 0 Å². The number of ether oxygens (including phenoxy) is 4. The largest absolute Gasteiger partial charge is 0.510 e. The van der Waals surface area contributed by atoms with E-state index in [-0.39, 0.29) is 12.2 Å². The van der Waals surface area contributed by atoms with Gasteiger partial charge in [0, 0.05) is 0 Å². The van der Waals surface area contributed by atoms with Crippen molar-refractivity contribution in [2.75, 3.05) is 0 Å². The minimum Gasteiger partial charge on any atom is -0.460 e. The number of carbonyl (C=O) groups is 3. The normalized spacial score (nSPS) is 28.8. The Labute approximate surface area is 140 Å². The van der Waals surface area contributed by atoms with Crippen molar-refractivity contribution >= 4 is 18.1 Å². The van der Waals surface area contributed by atoms with Crippen molar-refractivity contribution in [1.82, 2.24) is 0 Å². The molecule has 0 aromatic carbocycles. The van der Waals surface area contributed by atoms with E-state index in [1.165, 1.54) is 0 Å². The summed E-state index contributed by atoms with van der Waals surface area (Å²) in [5, 5.41) is 0. The summed E-state index contributed by atoms with van der Waals surface area (Å²) < 4.78 is 20.5. The van der Waals surface area contributed by atoms with Gasteiger partial charge < -0.3 is 18.9 Å². The van der Waals surface area contributed by atoms with Crippen LogP contribution < -0.4 is 0 Å². The summed E-state index contributed by atoms with van der Waals surface area (Å²) >= 11 is 0. The van der Waals surface area contributed by atoms with Crippen LogP contribution in [0.15, 0.2) is 0 Å². The average molecular weight is 340 g/mol. The van der Waals surface area contributed by atoms with Gasteiger partial charge in [-0.2, -0.15) is 0 Å². The zero-order valence-electron chi connectivity index (χ0n) is 13.7. The van der Waals surface area contributed by atoms with Crippen LogP contribution >= 0.6 is 0 Å². The van der Waals surface area contributed by atoms with Crippen LogP contribution in [-0.2, 0) is 28.5 Å². The first kappa shape index (κ1) is 17.0. The molecule has 2 saturated carbocycles. The number of carbonyl (C=O) groups excluding carboxylic acids is 3. The highest BCUT2D eigenvalue weighted by molar-refractivity contribution is 5.90. The Morgan fingerprint density at radius 1 is 0.708 bits per heavy atom. The van der Waals surface area contributed by atoms with Gasteiger partial charge in [-0.3, -0.25) is 0 Å². The standard InChI is InChI=1S/C17H24O7/c18-15(21-11-7-3-1-4-8-11)13-14(24-17(20)23-13)16(19)22-12-9-5-2-6-10-12/h11-14H,1-10H2. The molecule has 3 rings (SSSR count). The Balaban J connectivity index is 1.56. The van der Waals surface area contributed by atoms with Crippen molar-refractivity contribution in [1.29, 1.82) is 0 Å². The highest BCUT2D eigenvalue weighted by Gasteiger charge is 2.49. The summed E-state index contributed by atoms with van der Waals surface area (Å²) in [6.45, 7) is 0. The summed E-state index contributed by atoms with van der Waals surface area (Å²) in [4.78, 5) is 36.0. The Morgan fingerprint density at radius 2 is 1.08 bits per heavy atom. The Hall–Kier alpha value is -1.79. The summed E-state index contributed by atoms with van der Waals surface area (Å²) in [7, 11) is 0. The summed E-state index contributed by atoms with van der Waals surface area (Å²) in [5.74, 6) is -1.45. The highest BCUT2D eigenvalue weighted by atomic mass is 16.8. The maximum Gasteiger partial charge on any atom is 0.510 e. The molecule has 3 fully saturated rings. The van der Waals surface area contributed by atoms with Crippen molar-refractivity contribution in [2.24, 2.45) is 0 Å². The maximum atomic E-state index is 12.3. The predicted molar refractivity (Wildman–Crippen MR) is 81.1 cm³/mol. The molecule has 0 aromatic heterocycles. The van der Waals surface area contributed by atoms with E-state index >= 15 is 0 Å². The van der Waals surface area contributed by atoms with E-state index in [1.807, 2.05) is 0 Å². The topological polar surface area (TPSA) is 88.1 Å². The number of hydrogen-bond donors (Lipinski definition) is 0. The first-order chi connectivity index (χ1) is 11.6. The lowest BCUT2D eigenvalue weighted by Gasteiger charge is -2.25. The van der Waals surface area contributed by atoms with Crippen LogP contribution in [0.4, 0.5) is 4.79 Å². The molecule has 7 heteroatoms. The van der Waals surface area contributed by atoms with E-state index in [1.54, 1.807) is 0 Å². The third kappa shape index (κ3) is 4.19. The molecule has 1 saturated heterocycles. The van der Waals surface area contributed by atoms with Crippen molar-refractivity contribution in [3.63, 3.8) is 0 Å². The molecule has 2 aliphatic carbocycles. The summed E-state index contributed by atoms with van der Waals surface area (Å²) in [6, 6.07) is 0. The lowest BCUT2D eigenvalue weighted by Crippen LogP contribution is -2.42. The molecule has 24 heavy (non-hydrogen) atoms. The number of rotatable bonds is 4. The van der Waals surface area contributed by atoms with Crippen molar-refractivity contribution in [2.45, 2.75) is 88.6 Å². The molecule has 0 N–H and O–H groups in total. The smallest absolute Gasteiger partial charge is 0.460 e. The molecular weight excluding hydrogens is 316 g/mol. The molecule has 0 bridgehead atoms. The van der Waals surface area contributed by atoms with Crippen LogP contribution in [-0.4, -0.2) is 42.5 Å². The number of cyclic esters (lactones) is 2. The summed E-state index contributed by atoms with van der Waals surface area (Å²) in [5.41, 5.74) is 0. The van der Waals surface area contributed by atoms with Gasteiger partial charge in [0.25, 0.3) is 0 Å². The molecular formula is C17H24O7. The fourth-order valence-corrected chi connectivity index (χ4v) is 3.53. The first-order valence-corrected chi connectivity index (χ1v) is 8.92. The van der Waals surface area contributed by atoms with Crippen LogP contribution in [0.3, 0.4) is 0 Å². The van der Waals surface area contributed by atoms with Gasteiger partial charge >= 0.3 is 18.1 Å². The monoisotopic (exact) mass is 340 g/mol. The van der Waals surface area contributed by atoms with E-state index in [2.05, 4.69) is 0 Å². The van der Waals surface area contributed by atoms with Gasteiger partial charge in [-0.05, 0) is 51.4 Å². The molecule has 0 aromatic rings. The fourth-order valence-electron chi connectivity index (χ4n) is 3.53. The first-order valence-electron chi connectivity index (χ1n) is 8.92. The van der Waals surface area contributed by atoms with Crippen LogP contribution in [0.2, 0.25) is 0 Å². The Kier molecular flexibility index (Phi) is 5.58. The fraction of sp³-hybridized carbons (Fsp3) is 0.824. The van der Waals surface area contributed by atoms with Gasteiger partial charge in [0.1, 0.15) is 12.2 Å². The van der Waals surface area contributed by atoms with E-state index in [0.29, 0.717) is 0 Å². The van der Waals surface area contributed by atoms with Crippen LogP contribution in [0.25, 0.3) is 0 Å². The van der Waals surface area contributed by atoms with E-state index < -0.39 is 30.3 Å². The van der Waals surface area contributed by atoms with Crippen LogP contribution in [0, 0.1) is 0 Å². The average Bonchev–Trinajstić information content (AvgIpc) is 2.99.